The van der Waals surface area contributed by atoms with Crippen molar-refractivity contribution in [1.29, 1.82) is 0 Å². The van der Waals surface area contributed by atoms with Crippen LogP contribution < -0.4 is 0 Å². The summed E-state index contributed by atoms with van der Waals surface area (Å²) in [5.41, 5.74) is 2.06. The molecule has 21 heavy (non-hydrogen) atoms. The van der Waals surface area contributed by atoms with Crippen LogP contribution in [0.15, 0.2) is 11.0 Å². The van der Waals surface area contributed by atoms with Crippen molar-refractivity contribution in [2.24, 2.45) is 0 Å². The molecular formula is C16H27NO2SSi. The Morgan fingerprint density at radius 1 is 1.38 bits per heavy atom. The Kier molecular flexibility index (Phi) is 7.49. The molecule has 0 N–H and O–H groups in total. The zero-order valence-corrected chi connectivity index (χ0v) is 15.6. The van der Waals surface area contributed by atoms with Crippen molar-refractivity contribution in [3.05, 3.63) is 21.7 Å². The van der Waals surface area contributed by atoms with Crippen molar-refractivity contribution >= 4 is 32.0 Å². The SMILES string of the molecule is CC[Si](CC)(CC)O[C@H](CC=O)/C(C)=C/c1csc(C)n1. The lowest BCUT2D eigenvalue weighted by Gasteiger charge is -2.33. The molecule has 0 aliphatic carbocycles. The second kappa shape index (κ2) is 8.61. The van der Waals surface area contributed by atoms with Crippen molar-refractivity contribution in [3.8, 4) is 0 Å². The third-order valence-corrected chi connectivity index (χ3v) is 9.60. The lowest BCUT2D eigenvalue weighted by Crippen LogP contribution is -2.40. The van der Waals surface area contributed by atoms with Crippen molar-refractivity contribution in [2.75, 3.05) is 0 Å². The monoisotopic (exact) mass is 325 g/mol. The van der Waals surface area contributed by atoms with Gasteiger partial charge in [-0.15, -0.1) is 11.3 Å². The molecule has 0 radical (unpaired) electrons. The largest absolute Gasteiger partial charge is 0.410 e. The van der Waals surface area contributed by atoms with Gasteiger partial charge in [0.15, 0.2) is 8.32 Å². The first-order valence-electron chi connectivity index (χ1n) is 7.72. The third kappa shape index (κ3) is 5.16. The van der Waals surface area contributed by atoms with Gasteiger partial charge in [-0.05, 0) is 43.6 Å². The number of hydrogen-bond acceptors (Lipinski definition) is 4. The average Bonchev–Trinajstić information content (AvgIpc) is 2.89. The van der Waals surface area contributed by atoms with Crippen molar-refractivity contribution < 1.29 is 9.22 Å². The summed E-state index contributed by atoms with van der Waals surface area (Å²) in [4.78, 5) is 15.5. The number of carbonyl (C=O) groups is 1. The summed E-state index contributed by atoms with van der Waals surface area (Å²) in [6, 6.07) is 3.29. The highest BCUT2D eigenvalue weighted by atomic mass is 32.1. The summed E-state index contributed by atoms with van der Waals surface area (Å²) >= 11 is 1.64. The maximum Gasteiger partial charge on any atom is 0.192 e. The molecule has 0 unspecified atom stereocenters. The lowest BCUT2D eigenvalue weighted by molar-refractivity contribution is -0.109. The van der Waals surface area contributed by atoms with E-state index in [-0.39, 0.29) is 6.10 Å². The zero-order valence-electron chi connectivity index (χ0n) is 13.8. The number of nitrogens with zero attached hydrogens (tertiary/aromatic N) is 1. The predicted octanol–water partition coefficient (Wildman–Crippen LogP) is 4.83. The summed E-state index contributed by atoms with van der Waals surface area (Å²) in [5.74, 6) is 0. The van der Waals surface area contributed by atoms with Crippen molar-refractivity contribution in [1.82, 2.24) is 4.98 Å². The van der Waals surface area contributed by atoms with Crippen LogP contribution in [0.25, 0.3) is 6.08 Å². The van der Waals surface area contributed by atoms with E-state index in [4.69, 9.17) is 4.43 Å². The quantitative estimate of drug-likeness (QED) is 0.482. The van der Waals surface area contributed by atoms with E-state index in [1.165, 1.54) is 0 Å². The average molecular weight is 326 g/mol. The van der Waals surface area contributed by atoms with Crippen LogP contribution in [0.1, 0.15) is 44.8 Å². The van der Waals surface area contributed by atoms with Crippen molar-refractivity contribution in [2.45, 2.75) is 65.3 Å². The first-order valence-corrected chi connectivity index (χ1v) is 11.1. The van der Waals surface area contributed by atoms with Gasteiger partial charge in [0, 0.05) is 11.8 Å². The molecule has 0 aromatic carbocycles. The number of aldehydes is 1. The van der Waals surface area contributed by atoms with Gasteiger partial charge >= 0.3 is 0 Å². The Morgan fingerprint density at radius 3 is 2.43 bits per heavy atom. The van der Waals surface area contributed by atoms with Crippen molar-refractivity contribution in [3.63, 3.8) is 0 Å². The van der Waals surface area contributed by atoms with Crippen LogP contribution in [-0.4, -0.2) is 25.7 Å². The van der Waals surface area contributed by atoms with E-state index in [0.717, 1.165) is 40.7 Å². The minimum absolute atomic E-state index is 0.101. The molecule has 0 bridgehead atoms. The number of aromatic nitrogens is 1. The highest BCUT2D eigenvalue weighted by molar-refractivity contribution is 7.09. The summed E-state index contributed by atoms with van der Waals surface area (Å²) in [5, 5.41) is 3.10. The molecule has 1 atom stereocenters. The molecule has 0 spiro atoms. The van der Waals surface area contributed by atoms with E-state index < -0.39 is 8.32 Å². The summed E-state index contributed by atoms with van der Waals surface area (Å²) in [7, 11) is -1.71. The Morgan fingerprint density at radius 2 is 2.00 bits per heavy atom. The lowest BCUT2D eigenvalue weighted by atomic mass is 10.1. The minimum Gasteiger partial charge on any atom is -0.410 e. The first-order chi connectivity index (χ1) is 10.00. The summed E-state index contributed by atoms with van der Waals surface area (Å²) < 4.78 is 6.48. The van der Waals surface area contributed by atoms with Crippen LogP contribution in [0.4, 0.5) is 0 Å². The highest BCUT2D eigenvalue weighted by Gasteiger charge is 2.32. The number of hydrogen-bond donors (Lipinski definition) is 0. The summed E-state index contributed by atoms with van der Waals surface area (Å²) in [6.07, 6.45) is 3.35. The van der Waals surface area contributed by atoms with E-state index in [9.17, 15) is 4.79 Å². The molecule has 1 aromatic rings. The van der Waals surface area contributed by atoms with E-state index >= 15 is 0 Å². The Balaban J connectivity index is 2.94. The van der Waals surface area contributed by atoms with Gasteiger partial charge in [-0.2, -0.15) is 0 Å². The van der Waals surface area contributed by atoms with Gasteiger partial charge in [-0.3, -0.25) is 0 Å². The fraction of sp³-hybridized carbons (Fsp3) is 0.625. The predicted molar refractivity (Wildman–Crippen MR) is 93.3 cm³/mol. The fourth-order valence-electron chi connectivity index (χ4n) is 2.49. The van der Waals surface area contributed by atoms with Gasteiger partial charge in [0.2, 0.25) is 0 Å². The maximum atomic E-state index is 11.0. The number of aryl methyl sites for hydroxylation is 1. The molecule has 0 saturated heterocycles. The van der Waals surface area contributed by atoms with Gasteiger partial charge in [-0.25, -0.2) is 4.98 Å². The Bertz CT molecular complexity index is 472. The minimum atomic E-state index is -1.71. The Hall–Kier alpha value is -0.783. The number of thiazole rings is 1. The van der Waals surface area contributed by atoms with Gasteiger partial charge in [-0.1, -0.05) is 20.8 Å². The second-order valence-corrected chi connectivity index (χ2v) is 11.2. The van der Waals surface area contributed by atoms with E-state index in [2.05, 4.69) is 31.8 Å². The molecule has 0 saturated carbocycles. The maximum absolute atomic E-state index is 11.0. The van der Waals surface area contributed by atoms with E-state index in [1.54, 1.807) is 11.3 Å². The van der Waals surface area contributed by atoms with E-state index in [0.29, 0.717) is 6.42 Å². The molecule has 5 heteroatoms. The second-order valence-electron chi connectivity index (χ2n) is 5.43. The third-order valence-electron chi connectivity index (χ3n) is 4.16. The standard InChI is InChI=1S/C16H27NO2SSi/c1-6-21(7-2,8-3)19-16(9-10-18)13(4)11-15-12-20-14(5)17-15/h10-12,16H,6-9H2,1-5H3/b13-11+/t16-/m1/s1. The molecule has 0 aliphatic rings. The van der Waals surface area contributed by atoms with Crippen LogP contribution >= 0.6 is 11.3 Å². The topological polar surface area (TPSA) is 39.2 Å². The molecule has 3 nitrogen and oxygen atoms in total. The van der Waals surface area contributed by atoms with Crippen LogP contribution in [0.5, 0.6) is 0 Å². The molecule has 1 rings (SSSR count). The zero-order chi connectivity index (χ0) is 15.9. The molecule has 1 heterocycles. The van der Waals surface area contributed by atoms with Crippen LogP contribution in [0, 0.1) is 6.92 Å². The molecule has 0 aliphatic heterocycles. The van der Waals surface area contributed by atoms with Crippen LogP contribution in [0.2, 0.25) is 18.1 Å². The van der Waals surface area contributed by atoms with E-state index in [1.807, 2.05) is 19.2 Å². The van der Waals surface area contributed by atoms with Gasteiger partial charge in [0.25, 0.3) is 0 Å². The first kappa shape index (κ1) is 18.3. The Labute approximate surface area is 133 Å². The molecule has 0 fully saturated rings. The highest BCUT2D eigenvalue weighted by Crippen LogP contribution is 2.27. The molecule has 0 amide bonds. The fourth-order valence-corrected chi connectivity index (χ4v) is 5.94. The smallest absolute Gasteiger partial charge is 0.192 e. The van der Waals surface area contributed by atoms with Gasteiger partial charge in [0.1, 0.15) is 6.29 Å². The molecular weight excluding hydrogens is 298 g/mol. The van der Waals surface area contributed by atoms with Gasteiger partial charge in [0.05, 0.1) is 16.8 Å². The number of carbonyl (C=O) groups excluding carboxylic acids is 1. The summed E-state index contributed by atoms with van der Waals surface area (Å²) in [6.45, 7) is 10.7. The van der Waals surface area contributed by atoms with Gasteiger partial charge < -0.3 is 9.22 Å². The normalized spacial score (nSPS) is 14.2. The molecule has 118 valence electrons. The van der Waals surface area contributed by atoms with Crippen LogP contribution in [0.3, 0.4) is 0 Å². The van der Waals surface area contributed by atoms with Crippen LogP contribution in [-0.2, 0) is 9.22 Å². The number of rotatable bonds is 9. The molecule has 1 aromatic heterocycles.